The van der Waals surface area contributed by atoms with Gasteiger partial charge in [-0.25, -0.2) is 14.4 Å². The molecule has 2 aliphatic heterocycles. The number of nitrogens with zero attached hydrogens (tertiary/aromatic N) is 3. The van der Waals surface area contributed by atoms with Gasteiger partial charge in [0.2, 0.25) is 12.7 Å². The van der Waals surface area contributed by atoms with Crippen LogP contribution in [0.1, 0.15) is 26.9 Å². The monoisotopic (exact) mass is 437 g/mol. The molecule has 1 aromatic heterocycles. The Kier molecular flexibility index (Phi) is 4.95. The van der Waals surface area contributed by atoms with Gasteiger partial charge in [0, 0.05) is 22.9 Å². The predicted molar refractivity (Wildman–Crippen MR) is 113 cm³/mol. The first-order valence-corrected chi connectivity index (χ1v) is 10.3. The lowest BCUT2D eigenvalue weighted by molar-refractivity contribution is 0.0747. The van der Waals surface area contributed by atoms with E-state index in [0.29, 0.717) is 39.1 Å². The second kappa shape index (κ2) is 7.92. The van der Waals surface area contributed by atoms with Crippen LogP contribution in [0.15, 0.2) is 65.9 Å². The molecule has 3 heterocycles. The molecule has 1 amide bonds. The number of aromatic nitrogens is 1. The summed E-state index contributed by atoms with van der Waals surface area (Å²) in [7, 11) is 1.52. The number of ether oxygens (including phenoxy) is 3. The highest BCUT2D eigenvalue weighted by atomic mass is 32.2. The molecule has 156 valence electrons. The third kappa shape index (κ3) is 3.57. The number of fused-ring (bicyclic) bond motifs is 1. The van der Waals surface area contributed by atoms with Crippen LogP contribution < -0.4 is 14.2 Å². The van der Waals surface area contributed by atoms with Gasteiger partial charge in [0.05, 0.1) is 7.11 Å². The second-order valence-corrected chi connectivity index (χ2v) is 7.77. The molecule has 0 saturated carbocycles. The van der Waals surface area contributed by atoms with Crippen LogP contribution >= 0.6 is 11.8 Å². The topological polar surface area (TPSA) is 73.3 Å². The molecule has 0 radical (unpaired) electrons. The summed E-state index contributed by atoms with van der Waals surface area (Å²) in [5, 5.41) is 6.04. The van der Waals surface area contributed by atoms with Crippen LogP contribution in [0.3, 0.4) is 0 Å². The molecule has 0 fully saturated rings. The van der Waals surface area contributed by atoms with E-state index in [4.69, 9.17) is 14.2 Å². The largest absolute Gasteiger partial charge is 0.481 e. The number of methoxy groups -OCH3 is 1. The van der Waals surface area contributed by atoms with Gasteiger partial charge in [-0.1, -0.05) is 11.8 Å². The number of benzene rings is 2. The average Bonchev–Trinajstić information content (AvgIpc) is 3.46. The Balaban J connectivity index is 1.55. The van der Waals surface area contributed by atoms with Crippen molar-refractivity contribution in [3.8, 4) is 17.4 Å². The minimum atomic E-state index is -0.512. The molecule has 7 nitrogen and oxygen atoms in total. The third-order valence-electron chi connectivity index (χ3n) is 4.82. The summed E-state index contributed by atoms with van der Waals surface area (Å²) < 4.78 is 29.5. The van der Waals surface area contributed by atoms with E-state index in [0.717, 1.165) is 0 Å². The highest BCUT2D eigenvalue weighted by Gasteiger charge is 2.37. The Bertz CT molecular complexity index is 1190. The molecular formula is C22H16FN3O4S. The van der Waals surface area contributed by atoms with Crippen LogP contribution in [0.5, 0.6) is 17.4 Å². The summed E-state index contributed by atoms with van der Waals surface area (Å²) in [6.07, 6.45) is 1.62. The third-order valence-corrected chi connectivity index (χ3v) is 6.04. The minimum absolute atomic E-state index is 0.120. The highest BCUT2D eigenvalue weighted by Crippen LogP contribution is 2.45. The average molecular weight is 437 g/mol. The second-order valence-electron chi connectivity index (χ2n) is 6.70. The van der Waals surface area contributed by atoms with E-state index in [1.807, 2.05) is 6.07 Å². The Labute approximate surface area is 181 Å². The van der Waals surface area contributed by atoms with E-state index >= 15 is 0 Å². The van der Waals surface area contributed by atoms with E-state index in [1.54, 1.807) is 42.6 Å². The number of hydrogen-bond donors (Lipinski definition) is 0. The van der Waals surface area contributed by atoms with Crippen molar-refractivity contribution in [3.05, 3.63) is 83.3 Å². The summed E-state index contributed by atoms with van der Waals surface area (Å²) in [4.78, 5) is 17.7. The summed E-state index contributed by atoms with van der Waals surface area (Å²) in [6.45, 7) is 0.120. The molecule has 2 aliphatic rings. The van der Waals surface area contributed by atoms with Gasteiger partial charge in [-0.3, -0.25) is 4.79 Å². The first kappa shape index (κ1) is 19.4. The molecule has 9 heteroatoms. The summed E-state index contributed by atoms with van der Waals surface area (Å²) in [6, 6.07) is 14.6. The summed E-state index contributed by atoms with van der Waals surface area (Å²) >= 11 is 1.37. The van der Waals surface area contributed by atoms with Crippen molar-refractivity contribution in [1.82, 2.24) is 9.99 Å². The summed E-state index contributed by atoms with van der Waals surface area (Å²) in [5.74, 6) is 0.841. The highest BCUT2D eigenvalue weighted by molar-refractivity contribution is 8.14. The molecule has 2 aromatic carbocycles. The van der Waals surface area contributed by atoms with Gasteiger partial charge in [0.25, 0.3) is 5.91 Å². The van der Waals surface area contributed by atoms with E-state index in [-0.39, 0.29) is 18.5 Å². The lowest BCUT2D eigenvalue weighted by Crippen LogP contribution is -2.26. The lowest BCUT2D eigenvalue weighted by atomic mass is 10.1. The number of hydrogen-bond acceptors (Lipinski definition) is 7. The van der Waals surface area contributed by atoms with Crippen LogP contribution in [0.2, 0.25) is 0 Å². The van der Waals surface area contributed by atoms with Gasteiger partial charge in [-0.05, 0) is 54.6 Å². The Morgan fingerprint density at radius 1 is 1.16 bits per heavy atom. The first-order valence-electron chi connectivity index (χ1n) is 9.37. The Morgan fingerprint density at radius 2 is 1.97 bits per heavy atom. The quantitative estimate of drug-likeness (QED) is 0.609. The molecule has 3 aromatic rings. The number of rotatable bonds is 4. The molecule has 0 spiro atoms. The van der Waals surface area contributed by atoms with Crippen molar-refractivity contribution in [2.75, 3.05) is 13.9 Å². The first-order chi connectivity index (χ1) is 15.1. The number of carbonyl (C=O) groups excluding carboxylic acids is 1. The van der Waals surface area contributed by atoms with Gasteiger partial charge >= 0.3 is 0 Å². The van der Waals surface area contributed by atoms with Crippen molar-refractivity contribution in [1.29, 1.82) is 0 Å². The van der Waals surface area contributed by atoms with E-state index in [1.165, 1.54) is 36.0 Å². The maximum atomic E-state index is 13.4. The fraction of sp³-hybridized carbons (Fsp3) is 0.136. The number of carbonyl (C=O) groups is 1. The van der Waals surface area contributed by atoms with E-state index in [9.17, 15) is 9.18 Å². The van der Waals surface area contributed by atoms with Crippen molar-refractivity contribution in [2.45, 2.75) is 5.37 Å². The fourth-order valence-corrected chi connectivity index (χ4v) is 4.49. The van der Waals surface area contributed by atoms with Crippen LogP contribution in [-0.4, -0.2) is 34.8 Å². The van der Waals surface area contributed by atoms with Crippen LogP contribution in [0.25, 0.3) is 0 Å². The zero-order valence-corrected chi connectivity index (χ0v) is 17.1. The zero-order valence-electron chi connectivity index (χ0n) is 16.3. The molecule has 1 atom stereocenters. The number of amides is 1. The molecule has 1 unspecified atom stereocenters. The van der Waals surface area contributed by atoms with E-state index < -0.39 is 5.37 Å². The van der Waals surface area contributed by atoms with Crippen LogP contribution in [0, 0.1) is 5.82 Å². The molecular weight excluding hydrogens is 421 g/mol. The standard InChI is InChI=1S/C22H16FN3O4S/c1-28-19-16(3-2-10-24-19)22-26(25-20(31-22)13-4-7-15(23)8-5-13)21(27)14-6-9-17-18(11-14)30-12-29-17/h2-11,22H,12H2,1H3. The minimum Gasteiger partial charge on any atom is -0.481 e. The van der Waals surface area contributed by atoms with Crippen molar-refractivity contribution in [2.24, 2.45) is 5.10 Å². The van der Waals surface area contributed by atoms with Gasteiger partial charge in [-0.15, -0.1) is 0 Å². The maximum Gasteiger partial charge on any atom is 0.275 e. The van der Waals surface area contributed by atoms with Gasteiger partial charge in [0.15, 0.2) is 11.5 Å². The fourth-order valence-electron chi connectivity index (χ4n) is 3.32. The van der Waals surface area contributed by atoms with Crippen molar-refractivity contribution >= 4 is 22.7 Å². The summed E-state index contributed by atoms with van der Waals surface area (Å²) in [5.41, 5.74) is 1.81. The lowest BCUT2D eigenvalue weighted by Gasteiger charge is -2.22. The van der Waals surface area contributed by atoms with Gasteiger partial charge in [0.1, 0.15) is 16.2 Å². The number of hydrazone groups is 1. The zero-order chi connectivity index (χ0) is 21.4. The number of halogens is 1. The van der Waals surface area contributed by atoms with E-state index in [2.05, 4.69) is 10.1 Å². The van der Waals surface area contributed by atoms with Gasteiger partial charge < -0.3 is 14.2 Å². The Hall–Kier alpha value is -3.59. The molecule has 31 heavy (non-hydrogen) atoms. The van der Waals surface area contributed by atoms with Crippen molar-refractivity contribution < 1.29 is 23.4 Å². The Morgan fingerprint density at radius 3 is 2.77 bits per heavy atom. The molecule has 0 saturated heterocycles. The smallest absolute Gasteiger partial charge is 0.275 e. The van der Waals surface area contributed by atoms with Crippen LogP contribution in [0.4, 0.5) is 4.39 Å². The molecule has 0 bridgehead atoms. The SMILES string of the molecule is COc1ncccc1C1SC(c2ccc(F)cc2)=NN1C(=O)c1ccc2c(c1)OCO2. The molecule has 5 rings (SSSR count). The normalized spacial score (nSPS) is 16.9. The van der Waals surface area contributed by atoms with Crippen molar-refractivity contribution in [3.63, 3.8) is 0 Å². The maximum absolute atomic E-state index is 13.4. The number of pyridine rings is 1. The predicted octanol–water partition coefficient (Wildman–Crippen LogP) is 4.21. The van der Waals surface area contributed by atoms with Gasteiger partial charge in [-0.2, -0.15) is 5.10 Å². The number of thioether (sulfide) groups is 1. The molecule has 0 aliphatic carbocycles. The molecule has 0 N–H and O–H groups in total. The van der Waals surface area contributed by atoms with Crippen LogP contribution in [-0.2, 0) is 0 Å².